The molecule has 1 aliphatic carbocycles. The summed E-state index contributed by atoms with van der Waals surface area (Å²) in [6, 6.07) is 4.01. The molecule has 0 spiro atoms. The van der Waals surface area contributed by atoms with Crippen LogP contribution in [0.2, 0.25) is 0 Å². The maximum absolute atomic E-state index is 4.29. The van der Waals surface area contributed by atoms with Crippen molar-refractivity contribution in [1.82, 2.24) is 4.98 Å². The third-order valence-corrected chi connectivity index (χ3v) is 3.15. The molecular weight excluding hydrogens is 252 g/mol. The molecule has 1 heterocycles. The molecule has 1 unspecified atom stereocenters. The molecule has 3 heteroatoms. The lowest BCUT2D eigenvalue weighted by molar-refractivity contribution is 0.503. The van der Waals surface area contributed by atoms with Gasteiger partial charge >= 0.3 is 0 Å². The molecule has 0 bridgehead atoms. The van der Waals surface area contributed by atoms with Gasteiger partial charge in [-0.15, -0.1) is 0 Å². The number of anilines is 1. The van der Waals surface area contributed by atoms with E-state index in [9.17, 15) is 0 Å². The first-order chi connectivity index (χ1) is 7.34. The van der Waals surface area contributed by atoms with E-state index in [1.165, 1.54) is 19.3 Å². The quantitative estimate of drug-likeness (QED) is 0.846. The zero-order valence-corrected chi connectivity index (χ0v) is 10.2. The summed E-state index contributed by atoms with van der Waals surface area (Å²) < 4.78 is 1.02. The number of allylic oxidation sites excluding steroid dienone is 2. The zero-order chi connectivity index (χ0) is 10.5. The molecule has 0 radical (unpaired) electrons. The minimum absolute atomic E-state index is 0.764. The van der Waals surface area contributed by atoms with Gasteiger partial charge in [0.25, 0.3) is 0 Å². The van der Waals surface area contributed by atoms with E-state index in [0.29, 0.717) is 0 Å². The first kappa shape index (κ1) is 10.7. The van der Waals surface area contributed by atoms with Crippen molar-refractivity contribution in [3.63, 3.8) is 0 Å². The van der Waals surface area contributed by atoms with E-state index in [2.05, 4.69) is 38.4 Å². The number of nitrogens with one attached hydrogen (secondary N) is 1. The minimum atomic E-state index is 0.764. The SMILES string of the molecule is Brc1ccc(NCC2CC=CCC2)nc1. The van der Waals surface area contributed by atoms with Gasteiger partial charge in [0, 0.05) is 17.2 Å². The molecule has 1 N–H and O–H groups in total. The van der Waals surface area contributed by atoms with Crippen LogP contribution in [0, 0.1) is 5.92 Å². The molecule has 1 atom stereocenters. The molecule has 1 aromatic heterocycles. The van der Waals surface area contributed by atoms with Crippen molar-refractivity contribution in [3.05, 3.63) is 35.0 Å². The molecular formula is C12H15BrN2. The molecule has 0 fully saturated rings. The van der Waals surface area contributed by atoms with Gasteiger partial charge in [0.05, 0.1) is 0 Å². The highest BCUT2D eigenvalue weighted by Crippen LogP contribution is 2.18. The Kier molecular flexibility index (Phi) is 3.78. The van der Waals surface area contributed by atoms with E-state index in [1.54, 1.807) is 0 Å². The van der Waals surface area contributed by atoms with Crippen molar-refractivity contribution in [2.75, 3.05) is 11.9 Å². The average Bonchev–Trinajstić information content (AvgIpc) is 2.30. The van der Waals surface area contributed by atoms with Crippen molar-refractivity contribution in [1.29, 1.82) is 0 Å². The Balaban J connectivity index is 1.82. The van der Waals surface area contributed by atoms with Gasteiger partial charge < -0.3 is 5.32 Å². The summed E-state index contributed by atoms with van der Waals surface area (Å²) >= 11 is 3.37. The second-order valence-electron chi connectivity index (χ2n) is 3.89. The van der Waals surface area contributed by atoms with Crippen LogP contribution >= 0.6 is 15.9 Å². The second-order valence-corrected chi connectivity index (χ2v) is 4.81. The third kappa shape index (κ3) is 3.34. The standard InChI is InChI=1S/C12H15BrN2/c13-11-6-7-12(15-9-11)14-8-10-4-2-1-3-5-10/h1-2,6-7,9-10H,3-5,8H2,(H,14,15). The number of halogens is 1. The summed E-state index contributed by atoms with van der Waals surface area (Å²) in [5.41, 5.74) is 0. The third-order valence-electron chi connectivity index (χ3n) is 2.68. The van der Waals surface area contributed by atoms with Gasteiger partial charge in [0.15, 0.2) is 0 Å². The van der Waals surface area contributed by atoms with Crippen LogP contribution in [0.25, 0.3) is 0 Å². The number of hydrogen-bond donors (Lipinski definition) is 1. The largest absolute Gasteiger partial charge is 0.370 e. The Bertz CT molecular complexity index is 332. The second kappa shape index (κ2) is 5.31. The summed E-state index contributed by atoms with van der Waals surface area (Å²) in [5.74, 6) is 1.73. The van der Waals surface area contributed by atoms with Gasteiger partial charge in [-0.3, -0.25) is 0 Å². The van der Waals surface area contributed by atoms with Crippen LogP contribution in [0.15, 0.2) is 35.0 Å². The molecule has 0 saturated carbocycles. The van der Waals surface area contributed by atoms with Gasteiger partial charge in [-0.25, -0.2) is 4.98 Å². The number of rotatable bonds is 3. The highest BCUT2D eigenvalue weighted by Gasteiger charge is 2.09. The summed E-state index contributed by atoms with van der Waals surface area (Å²) in [5, 5.41) is 3.38. The molecule has 0 aliphatic heterocycles. The van der Waals surface area contributed by atoms with Gasteiger partial charge in [-0.05, 0) is 53.2 Å². The fourth-order valence-corrected chi connectivity index (χ4v) is 2.01. The van der Waals surface area contributed by atoms with Crippen LogP contribution in [0.5, 0.6) is 0 Å². The van der Waals surface area contributed by atoms with E-state index in [4.69, 9.17) is 0 Å². The zero-order valence-electron chi connectivity index (χ0n) is 8.62. The lowest BCUT2D eigenvalue weighted by Crippen LogP contribution is -2.15. The van der Waals surface area contributed by atoms with Gasteiger partial charge in [-0.1, -0.05) is 12.2 Å². The van der Waals surface area contributed by atoms with E-state index in [-0.39, 0.29) is 0 Å². The molecule has 0 aromatic carbocycles. The summed E-state index contributed by atoms with van der Waals surface area (Å²) in [6.45, 7) is 1.03. The Labute approximate surface area is 98.9 Å². The topological polar surface area (TPSA) is 24.9 Å². The summed E-state index contributed by atoms with van der Waals surface area (Å²) in [4.78, 5) is 4.29. The molecule has 1 aliphatic rings. The maximum Gasteiger partial charge on any atom is 0.125 e. The summed E-state index contributed by atoms with van der Waals surface area (Å²) in [7, 11) is 0. The number of hydrogen-bond acceptors (Lipinski definition) is 2. The Morgan fingerprint density at radius 1 is 1.40 bits per heavy atom. The Hall–Kier alpha value is -0.830. The molecule has 2 rings (SSSR count). The van der Waals surface area contributed by atoms with Crippen molar-refractivity contribution in [3.8, 4) is 0 Å². The predicted octanol–water partition coefficient (Wildman–Crippen LogP) is 3.61. The predicted molar refractivity (Wildman–Crippen MR) is 66.9 cm³/mol. The number of nitrogens with zero attached hydrogens (tertiary/aromatic N) is 1. The van der Waals surface area contributed by atoms with Crippen molar-refractivity contribution in [2.45, 2.75) is 19.3 Å². The first-order valence-electron chi connectivity index (χ1n) is 5.35. The van der Waals surface area contributed by atoms with Gasteiger partial charge in [0.2, 0.25) is 0 Å². The van der Waals surface area contributed by atoms with Crippen LogP contribution in [0.1, 0.15) is 19.3 Å². The van der Waals surface area contributed by atoms with E-state index < -0.39 is 0 Å². The molecule has 2 nitrogen and oxygen atoms in total. The van der Waals surface area contributed by atoms with Crippen molar-refractivity contribution >= 4 is 21.7 Å². The van der Waals surface area contributed by atoms with Crippen LogP contribution in [0.3, 0.4) is 0 Å². The maximum atomic E-state index is 4.29. The van der Waals surface area contributed by atoms with Gasteiger partial charge in [-0.2, -0.15) is 0 Å². The molecule has 0 saturated heterocycles. The fourth-order valence-electron chi connectivity index (χ4n) is 1.77. The fraction of sp³-hybridized carbons (Fsp3) is 0.417. The lowest BCUT2D eigenvalue weighted by atomic mass is 9.94. The number of aromatic nitrogens is 1. The normalized spacial score (nSPS) is 20.2. The molecule has 0 amide bonds. The summed E-state index contributed by atoms with van der Waals surface area (Å²) in [6.07, 6.45) is 10.1. The highest BCUT2D eigenvalue weighted by atomic mass is 79.9. The van der Waals surface area contributed by atoms with Crippen LogP contribution in [0.4, 0.5) is 5.82 Å². The molecule has 1 aromatic rings. The number of pyridine rings is 1. The van der Waals surface area contributed by atoms with E-state index in [1.807, 2.05) is 18.3 Å². The molecule has 15 heavy (non-hydrogen) atoms. The minimum Gasteiger partial charge on any atom is -0.370 e. The monoisotopic (exact) mass is 266 g/mol. The Morgan fingerprint density at radius 3 is 3.00 bits per heavy atom. The smallest absolute Gasteiger partial charge is 0.125 e. The average molecular weight is 267 g/mol. The van der Waals surface area contributed by atoms with Crippen LogP contribution in [-0.2, 0) is 0 Å². The first-order valence-corrected chi connectivity index (χ1v) is 6.14. The highest BCUT2D eigenvalue weighted by molar-refractivity contribution is 9.10. The van der Waals surface area contributed by atoms with Crippen molar-refractivity contribution < 1.29 is 0 Å². The van der Waals surface area contributed by atoms with Crippen molar-refractivity contribution in [2.24, 2.45) is 5.92 Å². The molecule has 80 valence electrons. The van der Waals surface area contributed by atoms with E-state index >= 15 is 0 Å². The van der Waals surface area contributed by atoms with Gasteiger partial charge in [0.1, 0.15) is 5.82 Å². The lowest BCUT2D eigenvalue weighted by Gasteiger charge is -2.18. The Morgan fingerprint density at radius 2 is 2.33 bits per heavy atom. The van der Waals surface area contributed by atoms with Crippen LogP contribution in [-0.4, -0.2) is 11.5 Å². The van der Waals surface area contributed by atoms with Crippen LogP contribution < -0.4 is 5.32 Å². The van der Waals surface area contributed by atoms with E-state index in [0.717, 1.165) is 22.8 Å².